The summed E-state index contributed by atoms with van der Waals surface area (Å²) in [4.78, 5) is 6.51. The van der Waals surface area contributed by atoms with Crippen molar-refractivity contribution in [3.63, 3.8) is 0 Å². The minimum atomic E-state index is -0.0249. The van der Waals surface area contributed by atoms with E-state index in [9.17, 15) is 5.11 Å². The van der Waals surface area contributed by atoms with Crippen molar-refractivity contribution in [2.45, 2.75) is 18.1 Å². The van der Waals surface area contributed by atoms with Gasteiger partial charge in [0.1, 0.15) is 11.4 Å². The van der Waals surface area contributed by atoms with E-state index in [2.05, 4.69) is 32.4 Å². The zero-order valence-electron chi connectivity index (χ0n) is 15.4. The van der Waals surface area contributed by atoms with Crippen LogP contribution in [0.5, 0.6) is 5.75 Å². The molecule has 2 aliphatic heterocycles. The van der Waals surface area contributed by atoms with Gasteiger partial charge in [-0.1, -0.05) is 11.6 Å². The summed E-state index contributed by atoms with van der Waals surface area (Å²) in [6, 6.07) is 7.04. The van der Waals surface area contributed by atoms with Crippen LogP contribution in [-0.4, -0.2) is 63.6 Å². The van der Waals surface area contributed by atoms with Crippen LogP contribution < -0.4 is 5.32 Å². The van der Waals surface area contributed by atoms with Gasteiger partial charge in [0.25, 0.3) is 0 Å². The molecule has 5 rings (SSSR count). The molecule has 144 valence electrons. The number of fused-ring (bicyclic) bond motifs is 1. The number of nitrogens with one attached hydrogen (secondary N) is 1. The maximum atomic E-state index is 10.3. The number of anilines is 1. The molecular formula is C20H20ClN5O2. The lowest BCUT2D eigenvalue weighted by Crippen LogP contribution is -2.59. The molecule has 0 amide bonds. The summed E-state index contributed by atoms with van der Waals surface area (Å²) in [7, 11) is 2.10. The number of phenols is 1. The number of likely N-dealkylation sites (N-methyl/N-ethyl adjacent to an activating group) is 1. The van der Waals surface area contributed by atoms with E-state index in [0.717, 1.165) is 30.3 Å². The standard InChI is InChI=1S/C20H20ClN5O2/c1-26-10-20(11-26)7-13(9-28-20)23-19-16-8-22-5-4-14(16)18(24-25-19)15-3-2-12(21)6-17(15)27/h2-6,8,13,27H,7,9-11H2,1H3,(H,23,25)/t13-/m0/s1. The fourth-order valence-corrected chi connectivity index (χ4v) is 4.46. The Kier molecular flexibility index (Phi) is 4.12. The number of ether oxygens (including phenoxy) is 1. The Bertz CT molecular complexity index is 1050. The van der Waals surface area contributed by atoms with Crippen LogP contribution in [-0.2, 0) is 4.74 Å². The fraction of sp³-hybridized carbons (Fsp3) is 0.350. The van der Waals surface area contributed by atoms with Crippen LogP contribution in [0.4, 0.5) is 5.82 Å². The third kappa shape index (κ3) is 2.96. The van der Waals surface area contributed by atoms with Crippen molar-refractivity contribution in [2.75, 3.05) is 32.1 Å². The van der Waals surface area contributed by atoms with Crippen molar-refractivity contribution < 1.29 is 9.84 Å². The first-order valence-electron chi connectivity index (χ1n) is 9.21. The number of aromatic nitrogens is 3. The Labute approximate surface area is 167 Å². The average Bonchev–Trinajstić information content (AvgIpc) is 3.06. The molecule has 2 saturated heterocycles. The molecule has 2 fully saturated rings. The van der Waals surface area contributed by atoms with Gasteiger partial charge in [0, 0.05) is 53.3 Å². The van der Waals surface area contributed by atoms with Crippen LogP contribution in [0.2, 0.25) is 5.02 Å². The van der Waals surface area contributed by atoms with Crippen molar-refractivity contribution in [3.8, 4) is 17.0 Å². The summed E-state index contributed by atoms with van der Waals surface area (Å²) in [6.45, 7) is 2.58. The van der Waals surface area contributed by atoms with Gasteiger partial charge in [-0.05, 0) is 31.3 Å². The molecule has 1 atom stereocenters. The highest BCUT2D eigenvalue weighted by Gasteiger charge is 2.48. The van der Waals surface area contributed by atoms with Gasteiger partial charge < -0.3 is 20.1 Å². The summed E-state index contributed by atoms with van der Waals surface area (Å²) >= 11 is 5.96. The van der Waals surface area contributed by atoms with E-state index in [0.29, 0.717) is 28.7 Å². The molecule has 2 N–H and O–H groups in total. The molecule has 0 radical (unpaired) electrons. The predicted molar refractivity (Wildman–Crippen MR) is 108 cm³/mol. The van der Waals surface area contributed by atoms with Crippen molar-refractivity contribution in [1.82, 2.24) is 20.1 Å². The predicted octanol–water partition coefficient (Wildman–Crippen LogP) is 2.94. The Morgan fingerprint density at radius 3 is 2.89 bits per heavy atom. The largest absolute Gasteiger partial charge is 0.507 e. The molecule has 7 nitrogen and oxygen atoms in total. The summed E-state index contributed by atoms with van der Waals surface area (Å²) in [5.74, 6) is 0.750. The first kappa shape index (κ1) is 17.6. The van der Waals surface area contributed by atoms with Crippen molar-refractivity contribution in [2.24, 2.45) is 0 Å². The minimum absolute atomic E-state index is 0.0249. The number of hydrogen-bond donors (Lipinski definition) is 2. The zero-order valence-corrected chi connectivity index (χ0v) is 16.1. The van der Waals surface area contributed by atoms with Gasteiger partial charge in [-0.3, -0.25) is 4.98 Å². The number of nitrogens with zero attached hydrogens (tertiary/aromatic N) is 4. The lowest BCUT2D eigenvalue weighted by molar-refractivity contribution is -0.100. The van der Waals surface area contributed by atoms with E-state index in [1.165, 1.54) is 6.07 Å². The molecule has 0 aliphatic carbocycles. The molecule has 1 spiro atoms. The van der Waals surface area contributed by atoms with Crippen LogP contribution >= 0.6 is 11.6 Å². The van der Waals surface area contributed by atoms with Gasteiger partial charge >= 0.3 is 0 Å². The normalized spacial score (nSPS) is 21.1. The molecule has 2 aliphatic rings. The van der Waals surface area contributed by atoms with E-state index in [-0.39, 0.29) is 17.4 Å². The first-order valence-corrected chi connectivity index (χ1v) is 9.59. The third-order valence-electron chi connectivity index (χ3n) is 5.46. The van der Waals surface area contributed by atoms with Crippen molar-refractivity contribution in [3.05, 3.63) is 41.7 Å². The second-order valence-corrected chi connectivity index (χ2v) is 8.13. The monoisotopic (exact) mass is 397 g/mol. The van der Waals surface area contributed by atoms with E-state index in [1.807, 2.05) is 6.07 Å². The average molecular weight is 398 g/mol. The van der Waals surface area contributed by atoms with Crippen LogP contribution in [0.15, 0.2) is 36.7 Å². The van der Waals surface area contributed by atoms with E-state index < -0.39 is 0 Å². The summed E-state index contributed by atoms with van der Waals surface area (Å²) < 4.78 is 6.05. The van der Waals surface area contributed by atoms with E-state index in [4.69, 9.17) is 16.3 Å². The Morgan fingerprint density at radius 1 is 1.25 bits per heavy atom. The highest BCUT2D eigenvalue weighted by molar-refractivity contribution is 6.30. The smallest absolute Gasteiger partial charge is 0.158 e. The number of likely N-dealkylation sites (tertiary alicyclic amines) is 1. The highest BCUT2D eigenvalue weighted by atomic mass is 35.5. The second-order valence-electron chi connectivity index (χ2n) is 7.69. The molecule has 28 heavy (non-hydrogen) atoms. The number of aromatic hydroxyl groups is 1. The van der Waals surface area contributed by atoms with Gasteiger partial charge in [-0.2, -0.15) is 0 Å². The Hall–Kier alpha value is -2.48. The second kappa shape index (κ2) is 6.55. The van der Waals surface area contributed by atoms with Crippen molar-refractivity contribution in [1.29, 1.82) is 0 Å². The summed E-state index contributed by atoms with van der Waals surface area (Å²) in [5.41, 5.74) is 1.15. The Morgan fingerprint density at radius 2 is 2.11 bits per heavy atom. The van der Waals surface area contributed by atoms with Gasteiger partial charge in [-0.25, -0.2) is 0 Å². The minimum Gasteiger partial charge on any atom is -0.507 e. The lowest BCUT2D eigenvalue weighted by atomic mass is 9.90. The van der Waals surface area contributed by atoms with Crippen LogP contribution in [0, 0.1) is 0 Å². The summed E-state index contributed by atoms with van der Waals surface area (Å²) in [6.07, 6.45) is 4.42. The molecule has 4 heterocycles. The fourth-order valence-electron chi connectivity index (χ4n) is 4.30. The molecule has 3 aromatic rings. The summed E-state index contributed by atoms with van der Waals surface area (Å²) in [5, 5.41) is 24.8. The van der Waals surface area contributed by atoms with Crippen LogP contribution in [0.3, 0.4) is 0 Å². The molecule has 0 unspecified atom stereocenters. The van der Waals surface area contributed by atoms with Crippen LogP contribution in [0.25, 0.3) is 22.0 Å². The van der Waals surface area contributed by atoms with Crippen molar-refractivity contribution >= 4 is 28.2 Å². The molecule has 2 aromatic heterocycles. The number of pyridine rings is 1. The third-order valence-corrected chi connectivity index (χ3v) is 5.70. The molecular weight excluding hydrogens is 378 g/mol. The maximum absolute atomic E-state index is 10.3. The topological polar surface area (TPSA) is 83.4 Å². The zero-order chi connectivity index (χ0) is 19.3. The lowest BCUT2D eigenvalue weighted by Gasteiger charge is -2.45. The number of halogens is 1. The van der Waals surface area contributed by atoms with Gasteiger partial charge in [-0.15, -0.1) is 10.2 Å². The van der Waals surface area contributed by atoms with E-state index in [1.54, 1.807) is 24.5 Å². The molecule has 0 saturated carbocycles. The SMILES string of the molecule is CN1CC2(C[C@H](Nc3nnc(-c4ccc(Cl)cc4O)c4ccncc34)CO2)C1. The quantitative estimate of drug-likeness (QED) is 0.703. The van der Waals surface area contributed by atoms with Gasteiger partial charge in [0.15, 0.2) is 5.82 Å². The Balaban J connectivity index is 1.48. The number of benzene rings is 1. The first-order chi connectivity index (χ1) is 13.5. The molecule has 1 aromatic carbocycles. The maximum Gasteiger partial charge on any atom is 0.158 e. The number of rotatable bonds is 3. The van der Waals surface area contributed by atoms with Gasteiger partial charge in [0.05, 0.1) is 18.2 Å². The molecule has 8 heteroatoms. The molecule has 0 bridgehead atoms. The van der Waals surface area contributed by atoms with Gasteiger partial charge in [0.2, 0.25) is 0 Å². The number of hydrogen-bond acceptors (Lipinski definition) is 7. The van der Waals surface area contributed by atoms with E-state index >= 15 is 0 Å². The highest BCUT2D eigenvalue weighted by Crippen LogP contribution is 2.38. The van der Waals surface area contributed by atoms with Crippen LogP contribution in [0.1, 0.15) is 6.42 Å². The number of phenolic OH excluding ortho intramolecular Hbond substituents is 1.